The highest BCUT2D eigenvalue weighted by Gasteiger charge is 2.39. The average Bonchev–Trinajstić information content (AvgIpc) is 3.00. The summed E-state index contributed by atoms with van der Waals surface area (Å²) in [5.41, 5.74) is 6.07. The van der Waals surface area contributed by atoms with E-state index < -0.39 is 29.7 Å². The van der Waals surface area contributed by atoms with Crippen molar-refractivity contribution >= 4 is 5.91 Å². The molecule has 0 saturated heterocycles. The molecule has 2 aromatic rings. The van der Waals surface area contributed by atoms with E-state index in [1.165, 1.54) is 11.0 Å². The van der Waals surface area contributed by atoms with Gasteiger partial charge in [-0.2, -0.15) is 13.2 Å². The molecular formula is C16H16F5N5O. The Labute approximate surface area is 150 Å². The molecule has 0 unspecified atom stereocenters. The van der Waals surface area contributed by atoms with Gasteiger partial charge in [-0.25, -0.2) is 8.78 Å². The molecule has 1 atom stereocenters. The third kappa shape index (κ3) is 4.24. The average molecular weight is 389 g/mol. The zero-order chi connectivity index (χ0) is 19.8. The Bertz CT molecular complexity index is 850. The monoisotopic (exact) mass is 389 g/mol. The lowest BCUT2D eigenvalue weighted by atomic mass is 10.0. The summed E-state index contributed by atoms with van der Waals surface area (Å²) >= 11 is 0. The Morgan fingerprint density at radius 3 is 2.63 bits per heavy atom. The molecule has 3 rings (SSSR count). The maximum atomic E-state index is 13.7. The predicted molar refractivity (Wildman–Crippen MR) is 83.1 cm³/mol. The number of benzene rings is 1. The van der Waals surface area contributed by atoms with Crippen molar-refractivity contribution in [2.75, 3.05) is 6.54 Å². The van der Waals surface area contributed by atoms with Gasteiger partial charge in [-0.05, 0) is 18.1 Å². The number of rotatable bonds is 4. The molecule has 1 amide bonds. The fourth-order valence-electron chi connectivity index (χ4n) is 2.98. The molecule has 0 bridgehead atoms. The molecule has 0 radical (unpaired) electrons. The molecule has 0 aliphatic carbocycles. The van der Waals surface area contributed by atoms with Gasteiger partial charge in [0.2, 0.25) is 11.7 Å². The van der Waals surface area contributed by atoms with Crippen molar-refractivity contribution in [1.82, 2.24) is 19.7 Å². The number of alkyl halides is 3. The normalized spacial score (nSPS) is 15.6. The molecule has 11 heteroatoms. The van der Waals surface area contributed by atoms with Crippen LogP contribution in [-0.2, 0) is 30.5 Å². The highest BCUT2D eigenvalue weighted by Crippen LogP contribution is 2.29. The standard InChI is InChI=1S/C16H16F5N5O/c17-10-2-1-9(12(18)6-10)5-11(22)7-14(27)25-3-4-26-13(8-25)23-24-15(26)16(19,20)21/h1-2,6,11H,3-5,7-8,22H2/t11-/m0/s1. The lowest BCUT2D eigenvalue weighted by molar-refractivity contribution is -0.148. The van der Waals surface area contributed by atoms with E-state index in [4.69, 9.17) is 5.73 Å². The first-order chi connectivity index (χ1) is 12.6. The van der Waals surface area contributed by atoms with Crippen LogP contribution in [0.15, 0.2) is 18.2 Å². The number of aromatic nitrogens is 3. The first kappa shape index (κ1) is 19.2. The smallest absolute Gasteiger partial charge is 0.333 e. The zero-order valence-corrected chi connectivity index (χ0v) is 14.0. The largest absolute Gasteiger partial charge is 0.451 e. The Balaban J connectivity index is 1.61. The molecule has 0 spiro atoms. The number of carbonyl (C=O) groups is 1. The number of hydrogen-bond donors (Lipinski definition) is 1. The van der Waals surface area contributed by atoms with Gasteiger partial charge in [-0.15, -0.1) is 10.2 Å². The minimum atomic E-state index is -4.61. The second kappa shape index (κ2) is 7.22. The summed E-state index contributed by atoms with van der Waals surface area (Å²) in [5, 5.41) is 6.65. The van der Waals surface area contributed by atoms with Crippen molar-refractivity contribution in [1.29, 1.82) is 0 Å². The molecule has 1 aliphatic rings. The minimum Gasteiger partial charge on any atom is -0.333 e. The quantitative estimate of drug-likeness (QED) is 0.811. The van der Waals surface area contributed by atoms with Crippen LogP contribution in [0.25, 0.3) is 0 Å². The Morgan fingerprint density at radius 2 is 1.96 bits per heavy atom. The highest BCUT2D eigenvalue weighted by molar-refractivity contribution is 5.76. The number of nitrogens with two attached hydrogens (primary N) is 1. The van der Waals surface area contributed by atoms with Crippen molar-refractivity contribution in [2.24, 2.45) is 5.73 Å². The van der Waals surface area contributed by atoms with Gasteiger partial charge in [0.25, 0.3) is 0 Å². The number of fused-ring (bicyclic) bond motifs is 1. The summed E-state index contributed by atoms with van der Waals surface area (Å²) in [6, 6.07) is 2.38. The summed E-state index contributed by atoms with van der Waals surface area (Å²) in [5.74, 6) is -2.89. The highest BCUT2D eigenvalue weighted by atomic mass is 19.4. The van der Waals surface area contributed by atoms with Crippen LogP contribution in [0.3, 0.4) is 0 Å². The summed E-state index contributed by atoms with van der Waals surface area (Å²) in [4.78, 5) is 13.7. The van der Waals surface area contributed by atoms with Crippen molar-refractivity contribution in [3.05, 3.63) is 47.0 Å². The van der Waals surface area contributed by atoms with Crippen LogP contribution in [0.2, 0.25) is 0 Å². The van der Waals surface area contributed by atoms with Crippen LogP contribution in [0.5, 0.6) is 0 Å². The zero-order valence-electron chi connectivity index (χ0n) is 14.0. The number of carbonyl (C=O) groups excluding carboxylic acids is 1. The van der Waals surface area contributed by atoms with Crippen LogP contribution in [0, 0.1) is 11.6 Å². The van der Waals surface area contributed by atoms with Gasteiger partial charge in [0.05, 0.1) is 6.54 Å². The predicted octanol–water partition coefficient (Wildman–Crippen LogP) is 1.88. The maximum absolute atomic E-state index is 13.7. The molecule has 27 heavy (non-hydrogen) atoms. The molecule has 6 nitrogen and oxygen atoms in total. The number of halogens is 5. The van der Waals surface area contributed by atoms with E-state index in [0.717, 1.165) is 16.7 Å². The summed E-state index contributed by atoms with van der Waals surface area (Å²) in [7, 11) is 0. The molecule has 1 aliphatic heterocycles. The van der Waals surface area contributed by atoms with Gasteiger partial charge in [-0.3, -0.25) is 4.79 Å². The van der Waals surface area contributed by atoms with Crippen molar-refractivity contribution in [3.8, 4) is 0 Å². The van der Waals surface area contributed by atoms with Gasteiger partial charge < -0.3 is 15.2 Å². The fourth-order valence-corrected chi connectivity index (χ4v) is 2.98. The SMILES string of the molecule is N[C@H](CC(=O)N1CCn2c(nnc2C(F)(F)F)C1)Cc1ccc(F)cc1F. The van der Waals surface area contributed by atoms with E-state index in [-0.39, 0.29) is 49.8 Å². The van der Waals surface area contributed by atoms with Crippen LogP contribution < -0.4 is 5.73 Å². The molecule has 146 valence electrons. The number of hydrogen-bond acceptors (Lipinski definition) is 4. The van der Waals surface area contributed by atoms with Gasteiger partial charge in [0.15, 0.2) is 5.82 Å². The summed E-state index contributed by atoms with van der Waals surface area (Å²) in [6.07, 6.45) is -4.71. The van der Waals surface area contributed by atoms with Crippen molar-refractivity contribution in [3.63, 3.8) is 0 Å². The van der Waals surface area contributed by atoms with Crippen LogP contribution in [-0.4, -0.2) is 38.2 Å². The first-order valence-electron chi connectivity index (χ1n) is 8.11. The lowest BCUT2D eigenvalue weighted by Crippen LogP contribution is -2.42. The molecule has 2 heterocycles. The van der Waals surface area contributed by atoms with Gasteiger partial charge in [-0.1, -0.05) is 6.07 Å². The Hall–Kier alpha value is -2.56. The van der Waals surface area contributed by atoms with Gasteiger partial charge in [0, 0.05) is 31.6 Å². The third-order valence-corrected chi connectivity index (χ3v) is 4.29. The topological polar surface area (TPSA) is 77.0 Å². The van der Waals surface area contributed by atoms with E-state index in [0.29, 0.717) is 0 Å². The Morgan fingerprint density at radius 1 is 1.22 bits per heavy atom. The van der Waals surface area contributed by atoms with E-state index in [2.05, 4.69) is 10.2 Å². The minimum absolute atomic E-state index is 0.0279. The molecule has 2 N–H and O–H groups in total. The number of amides is 1. The third-order valence-electron chi connectivity index (χ3n) is 4.29. The molecular weight excluding hydrogens is 373 g/mol. The molecule has 0 saturated carbocycles. The first-order valence-corrected chi connectivity index (χ1v) is 8.11. The van der Waals surface area contributed by atoms with Gasteiger partial charge >= 0.3 is 6.18 Å². The van der Waals surface area contributed by atoms with E-state index in [9.17, 15) is 26.7 Å². The van der Waals surface area contributed by atoms with E-state index >= 15 is 0 Å². The summed E-state index contributed by atoms with van der Waals surface area (Å²) in [6.45, 7) is -0.130. The molecule has 1 aromatic carbocycles. The van der Waals surface area contributed by atoms with E-state index in [1.807, 2.05) is 0 Å². The van der Waals surface area contributed by atoms with Crippen LogP contribution in [0.1, 0.15) is 23.6 Å². The van der Waals surface area contributed by atoms with E-state index in [1.54, 1.807) is 0 Å². The molecule has 1 aromatic heterocycles. The van der Waals surface area contributed by atoms with Crippen LogP contribution in [0.4, 0.5) is 22.0 Å². The Kier molecular flexibility index (Phi) is 5.13. The molecule has 0 fully saturated rings. The van der Waals surface area contributed by atoms with Crippen LogP contribution >= 0.6 is 0 Å². The second-order valence-corrected chi connectivity index (χ2v) is 6.31. The summed E-state index contributed by atoms with van der Waals surface area (Å²) < 4.78 is 66.0. The van der Waals surface area contributed by atoms with Crippen molar-refractivity contribution in [2.45, 2.75) is 38.1 Å². The van der Waals surface area contributed by atoms with Crippen molar-refractivity contribution < 1.29 is 26.7 Å². The number of nitrogens with zero attached hydrogens (tertiary/aromatic N) is 4. The lowest BCUT2D eigenvalue weighted by Gasteiger charge is -2.29. The second-order valence-electron chi connectivity index (χ2n) is 6.31. The fraction of sp³-hybridized carbons (Fsp3) is 0.438. The maximum Gasteiger partial charge on any atom is 0.451 e. The van der Waals surface area contributed by atoms with Gasteiger partial charge in [0.1, 0.15) is 11.6 Å².